The van der Waals surface area contributed by atoms with Crippen molar-refractivity contribution in [2.45, 2.75) is 33.2 Å². The quantitative estimate of drug-likeness (QED) is 0.929. The van der Waals surface area contributed by atoms with Crippen molar-refractivity contribution < 1.29 is 4.79 Å². The summed E-state index contributed by atoms with van der Waals surface area (Å²) in [6.45, 7) is 5.96. The number of hydrogen-bond donors (Lipinski definition) is 1. The molecule has 0 aliphatic carbocycles. The molecule has 1 heterocycles. The fourth-order valence-corrected chi connectivity index (χ4v) is 2.22. The number of carbonyl (C=O) groups is 1. The van der Waals surface area contributed by atoms with Gasteiger partial charge in [0.1, 0.15) is 0 Å². The summed E-state index contributed by atoms with van der Waals surface area (Å²) in [4.78, 5) is 12.2. The third-order valence-electron chi connectivity index (χ3n) is 3.49. The van der Waals surface area contributed by atoms with E-state index in [1.165, 1.54) is 5.56 Å². The molecule has 0 saturated heterocycles. The van der Waals surface area contributed by atoms with Crippen LogP contribution in [0.4, 0.5) is 0 Å². The molecule has 1 aromatic heterocycles. The molecule has 2 rings (SSSR count). The summed E-state index contributed by atoms with van der Waals surface area (Å²) >= 11 is 0. The largest absolute Gasteiger partial charge is 0.345 e. The van der Waals surface area contributed by atoms with Gasteiger partial charge in [0, 0.05) is 13.2 Å². The Balaban J connectivity index is 2.08. The average Bonchev–Trinajstić information content (AvgIpc) is 2.78. The van der Waals surface area contributed by atoms with Crippen LogP contribution in [0.25, 0.3) is 0 Å². The summed E-state index contributed by atoms with van der Waals surface area (Å²) in [6, 6.07) is 8.33. The highest BCUT2D eigenvalue weighted by molar-refractivity contribution is 5.95. The van der Waals surface area contributed by atoms with Gasteiger partial charge in [-0.1, -0.05) is 31.2 Å². The van der Waals surface area contributed by atoms with Crippen LogP contribution in [0.1, 0.15) is 47.1 Å². The topological polar surface area (TPSA) is 46.9 Å². The number of amides is 1. The average molecular weight is 271 g/mol. The number of rotatable bonds is 4. The minimum atomic E-state index is -0.0809. The fraction of sp³-hybridized carbons (Fsp3) is 0.375. The van der Waals surface area contributed by atoms with E-state index in [1.807, 2.05) is 20.9 Å². The molecule has 1 amide bonds. The van der Waals surface area contributed by atoms with Crippen molar-refractivity contribution in [3.05, 3.63) is 52.8 Å². The van der Waals surface area contributed by atoms with Gasteiger partial charge in [0.25, 0.3) is 5.91 Å². The summed E-state index contributed by atoms with van der Waals surface area (Å²) < 4.78 is 1.66. The summed E-state index contributed by atoms with van der Waals surface area (Å²) in [7, 11) is 1.82. The van der Waals surface area contributed by atoms with Gasteiger partial charge < -0.3 is 5.32 Å². The Bertz CT molecular complexity index is 599. The van der Waals surface area contributed by atoms with Crippen LogP contribution in [0.5, 0.6) is 0 Å². The number of hydrogen-bond acceptors (Lipinski definition) is 2. The molecule has 0 fully saturated rings. The van der Waals surface area contributed by atoms with E-state index in [1.54, 1.807) is 10.9 Å². The monoisotopic (exact) mass is 271 g/mol. The van der Waals surface area contributed by atoms with E-state index in [0.717, 1.165) is 17.7 Å². The first-order chi connectivity index (χ1) is 9.51. The smallest absolute Gasteiger partial charge is 0.255 e. The lowest BCUT2D eigenvalue weighted by atomic mass is 10.0. The number of benzene rings is 1. The van der Waals surface area contributed by atoms with Crippen LogP contribution in [0, 0.1) is 6.92 Å². The lowest BCUT2D eigenvalue weighted by Crippen LogP contribution is -2.26. The molecule has 1 aromatic carbocycles. The lowest BCUT2D eigenvalue weighted by Gasteiger charge is -2.14. The van der Waals surface area contributed by atoms with Gasteiger partial charge in [-0.2, -0.15) is 5.10 Å². The number of aryl methyl sites for hydroxylation is 3. The first-order valence-corrected chi connectivity index (χ1v) is 6.91. The van der Waals surface area contributed by atoms with Crippen molar-refractivity contribution >= 4 is 5.91 Å². The molecule has 1 unspecified atom stereocenters. The molecule has 0 saturated carbocycles. The summed E-state index contributed by atoms with van der Waals surface area (Å²) in [5.41, 5.74) is 3.79. The van der Waals surface area contributed by atoms with Crippen molar-refractivity contribution in [3.63, 3.8) is 0 Å². The second kappa shape index (κ2) is 5.90. The van der Waals surface area contributed by atoms with Crippen LogP contribution in [-0.2, 0) is 13.5 Å². The zero-order valence-corrected chi connectivity index (χ0v) is 12.5. The van der Waals surface area contributed by atoms with Crippen LogP contribution in [0.15, 0.2) is 30.5 Å². The summed E-state index contributed by atoms with van der Waals surface area (Å²) in [5.74, 6) is -0.0809. The Morgan fingerprint density at radius 2 is 2.00 bits per heavy atom. The van der Waals surface area contributed by atoms with Crippen molar-refractivity contribution in [3.8, 4) is 0 Å². The SMILES string of the molecule is CCc1ccc(C(C)NC(=O)c2cn(C)nc2C)cc1. The molecule has 0 bridgehead atoms. The van der Waals surface area contributed by atoms with Gasteiger partial charge in [0.05, 0.1) is 17.3 Å². The van der Waals surface area contributed by atoms with Crippen molar-refractivity contribution in [1.29, 1.82) is 0 Å². The number of nitrogens with zero attached hydrogens (tertiary/aromatic N) is 2. The number of aromatic nitrogens is 2. The van der Waals surface area contributed by atoms with Crippen LogP contribution in [-0.4, -0.2) is 15.7 Å². The Kier molecular flexibility index (Phi) is 4.23. The van der Waals surface area contributed by atoms with Gasteiger partial charge in [-0.3, -0.25) is 9.48 Å². The van der Waals surface area contributed by atoms with E-state index in [-0.39, 0.29) is 11.9 Å². The number of carbonyl (C=O) groups excluding carboxylic acids is 1. The maximum absolute atomic E-state index is 12.2. The van der Waals surface area contributed by atoms with Crippen LogP contribution >= 0.6 is 0 Å². The Labute approximate surface area is 119 Å². The molecule has 1 N–H and O–H groups in total. The second-order valence-electron chi connectivity index (χ2n) is 5.09. The molecule has 4 nitrogen and oxygen atoms in total. The standard InChI is InChI=1S/C16H21N3O/c1-5-13-6-8-14(9-7-13)11(2)17-16(20)15-10-19(4)18-12(15)3/h6-11H,5H2,1-4H3,(H,17,20). The summed E-state index contributed by atoms with van der Waals surface area (Å²) in [6.07, 6.45) is 2.77. The van der Waals surface area contributed by atoms with Crippen LogP contribution in [0.2, 0.25) is 0 Å². The van der Waals surface area contributed by atoms with E-state index in [4.69, 9.17) is 0 Å². The van der Waals surface area contributed by atoms with Crippen LogP contribution in [0.3, 0.4) is 0 Å². The molecule has 0 aliphatic heterocycles. The molecule has 1 atom stereocenters. The van der Waals surface area contributed by atoms with E-state index in [0.29, 0.717) is 5.56 Å². The Hall–Kier alpha value is -2.10. The van der Waals surface area contributed by atoms with Gasteiger partial charge in [-0.15, -0.1) is 0 Å². The summed E-state index contributed by atoms with van der Waals surface area (Å²) in [5, 5.41) is 7.20. The van der Waals surface area contributed by atoms with Gasteiger partial charge in [-0.05, 0) is 31.4 Å². The highest BCUT2D eigenvalue weighted by Gasteiger charge is 2.15. The van der Waals surface area contributed by atoms with Gasteiger partial charge in [-0.25, -0.2) is 0 Å². The lowest BCUT2D eigenvalue weighted by molar-refractivity contribution is 0.0939. The predicted molar refractivity (Wildman–Crippen MR) is 79.6 cm³/mol. The van der Waals surface area contributed by atoms with Gasteiger partial charge >= 0.3 is 0 Å². The molecule has 4 heteroatoms. The van der Waals surface area contributed by atoms with Gasteiger partial charge in [0.15, 0.2) is 0 Å². The maximum Gasteiger partial charge on any atom is 0.255 e. The third-order valence-corrected chi connectivity index (χ3v) is 3.49. The third kappa shape index (κ3) is 3.07. The predicted octanol–water partition coefficient (Wildman–Crippen LogP) is 2.78. The Morgan fingerprint density at radius 1 is 1.35 bits per heavy atom. The highest BCUT2D eigenvalue weighted by atomic mass is 16.1. The van der Waals surface area contributed by atoms with Crippen molar-refractivity contribution in [2.24, 2.45) is 7.05 Å². The minimum Gasteiger partial charge on any atom is -0.345 e. The van der Waals surface area contributed by atoms with Gasteiger partial charge in [0.2, 0.25) is 0 Å². The van der Waals surface area contributed by atoms with E-state index in [9.17, 15) is 4.79 Å². The normalized spacial score (nSPS) is 12.2. The van der Waals surface area contributed by atoms with E-state index in [2.05, 4.69) is 41.6 Å². The zero-order chi connectivity index (χ0) is 14.7. The Morgan fingerprint density at radius 3 is 2.50 bits per heavy atom. The first-order valence-electron chi connectivity index (χ1n) is 6.91. The number of nitrogens with one attached hydrogen (secondary N) is 1. The molecular formula is C16H21N3O. The molecule has 20 heavy (non-hydrogen) atoms. The second-order valence-corrected chi connectivity index (χ2v) is 5.09. The zero-order valence-electron chi connectivity index (χ0n) is 12.5. The molecule has 2 aromatic rings. The van der Waals surface area contributed by atoms with E-state index >= 15 is 0 Å². The molecular weight excluding hydrogens is 250 g/mol. The van der Waals surface area contributed by atoms with Crippen molar-refractivity contribution in [1.82, 2.24) is 15.1 Å². The molecule has 0 radical (unpaired) electrons. The van der Waals surface area contributed by atoms with E-state index < -0.39 is 0 Å². The van der Waals surface area contributed by atoms with Crippen LogP contribution < -0.4 is 5.32 Å². The molecule has 0 aliphatic rings. The maximum atomic E-state index is 12.2. The van der Waals surface area contributed by atoms with Crippen molar-refractivity contribution in [2.75, 3.05) is 0 Å². The first kappa shape index (κ1) is 14.3. The fourth-order valence-electron chi connectivity index (χ4n) is 2.22. The minimum absolute atomic E-state index is 0.0204. The molecule has 0 spiro atoms. The highest BCUT2D eigenvalue weighted by Crippen LogP contribution is 2.15. The molecule has 106 valence electrons.